The number of aromatic amines is 1. The molecule has 6 nitrogen and oxygen atoms in total. The van der Waals surface area contributed by atoms with Gasteiger partial charge in [-0.05, 0) is 62.4 Å². The third-order valence-electron chi connectivity index (χ3n) is 5.78. The molecule has 0 amide bonds. The van der Waals surface area contributed by atoms with Crippen LogP contribution in [0.5, 0.6) is 0 Å². The molecule has 1 aromatic heterocycles. The van der Waals surface area contributed by atoms with E-state index in [-0.39, 0.29) is 24.0 Å². The van der Waals surface area contributed by atoms with E-state index in [9.17, 15) is 0 Å². The minimum absolute atomic E-state index is 0. The van der Waals surface area contributed by atoms with Crippen LogP contribution in [-0.4, -0.2) is 69.3 Å². The Hall–Kier alpha value is -1.32. The monoisotopic (exact) mass is 513 g/mol. The van der Waals surface area contributed by atoms with Gasteiger partial charge in [-0.1, -0.05) is 12.1 Å². The van der Waals surface area contributed by atoms with Gasteiger partial charge in [0.2, 0.25) is 0 Å². The van der Waals surface area contributed by atoms with Gasteiger partial charge in [-0.15, -0.1) is 24.0 Å². The number of nitrogens with one attached hydrogen (secondary N) is 3. The third-order valence-corrected chi connectivity index (χ3v) is 5.78. The van der Waals surface area contributed by atoms with Gasteiger partial charge >= 0.3 is 0 Å². The largest absolute Gasteiger partial charge is 0.383 e. The Morgan fingerprint density at radius 3 is 2.79 bits per heavy atom. The molecule has 29 heavy (non-hydrogen) atoms. The highest BCUT2D eigenvalue weighted by atomic mass is 127. The number of methoxy groups -OCH3 is 1. The molecule has 2 aromatic rings. The number of nitrogens with zero attached hydrogens (tertiary/aromatic N) is 2. The first-order valence-electron chi connectivity index (χ1n) is 10.4. The number of aliphatic imine (C=N–C) groups is 1. The summed E-state index contributed by atoms with van der Waals surface area (Å²) in [6.45, 7) is 8.25. The molecule has 0 aliphatic carbocycles. The fraction of sp³-hybridized carbons (Fsp3) is 0.591. The van der Waals surface area contributed by atoms with Crippen molar-refractivity contribution in [2.24, 2.45) is 10.9 Å². The number of fused-ring (bicyclic) bond motifs is 1. The van der Waals surface area contributed by atoms with Crippen LogP contribution in [-0.2, 0) is 11.2 Å². The molecular formula is C22H36IN5O. The quantitative estimate of drug-likeness (QED) is 0.288. The highest BCUT2D eigenvalue weighted by Gasteiger charge is 2.19. The number of likely N-dealkylation sites (tertiary alicyclic amines) is 1. The van der Waals surface area contributed by atoms with Gasteiger partial charge in [0.15, 0.2) is 5.96 Å². The van der Waals surface area contributed by atoms with E-state index in [2.05, 4.69) is 56.8 Å². The summed E-state index contributed by atoms with van der Waals surface area (Å²) in [5.41, 5.74) is 3.90. The lowest BCUT2D eigenvalue weighted by Crippen LogP contribution is -2.43. The van der Waals surface area contributed by atoms with Crippen LogP contribution in [0, 0.1) is 12.8 Å². The highest BCUT2D eigenvalue weighted by Crippen LogP contribution is 2.22. The molecule has 0 unspecified atom stereocenters. The molecule has 1 aliphatic heterocycles. The van der Waals surface area contributed by atoms with Crippen molar-refractivity contribution in [3.63, 3.8) is 0 Å². The Bertz CT molecular complexity index is 768. The maximum absolute atomic E-state index is 5.18. The van der Waals surface area contributed by atoms with Crippen molar-refractivity contribution in [2.45, 2.75) is 26.2 Å². The SMILES string of the molecule is CN=C(NCCc1c[nH]c2cccc(C)c12)NCC1CCN(CCOC)CC1.I. The number of hydrogen-bond acceptors (Lipinski definition) is 3. The second-order valence-corrected chi connectivity index (χ2v) is 7.72. The summed E-state index contributed by atoms with van der Waals surface area (Å²) in [5.74, 6) is 1.62. The summed E-state index contributed by atoms with van der Waals surface area (Å²) in [4.78, 5) is 10.3. The van der Waals surface area contributed by atoms with Crippen molar-refractivity contribution in [1.82, 2.24) is 20.5 Å². The lowest BCUT2D eigenvalue weighted by molar-refractivity contribution is 0.121. The van der Waals surface area contributed by atoms with E-state index in [1.165, 1.54) is 48.0 Å². The van der Waals surface area contributed by atoms with Crippen LogP contribution in [0.4, 0.5) is 0 Å². The van der Waals surface area contributed by atoms with E-state index in [1.54, 1.807) is 7.11 Å². The number of aromatic nitrogens is 1. The zero-order valence-electron chi connectivity index (χ0n) is 18.0. The molecule has 0 atom stereocenters. The smallest absolute Gasteiger partial charge is 0.190 e. The molecule has 1 fully saturated rings. The average Bonchev–Trinajstić information content (AvgIpc) is 3.14. The summed E-state index contributed by atoms with van der Waals surface area (Å²) >= 11 is 0. The molecule has 1 aromatic carbocycles. The van der Waals surface area contributed by atoms with Crippen LogP contribution in [0.15, 0.2) is 29.4 Å². The molecule has 2 heterocycles. The first-order valence-corrected chi connectivity index (χ1v) is 10.4. The van der Waals surface area contributed by atoms with Crippen LogP contribution in [0.3, 0.4) is 0 Å². The second kappa shape index (κ2) is 12.4. The molecule has 7 heteroatoms. The number of ether oxygens (including phenoxy) is 1. The number of hydrogen-bond donors (Lipinski definition) is 3. The molecule has 0 bridgehead atoms. The van der Waals surface area contributed by atoms with Gasteiger partial charge in [0, 0.05) is 50.9 Å². The van der Waals surface area contributed by atoms with E-state index in [0.29, 0.717) is 5.92 Å². The summed E-state index contributed by atoms with van der Waals surface area (Å²) in [7, 11) is 3.62. The number of H-pyrrole nitrogens is 1. The van der Waals surface area contributed by atoms with Crippen LogP contribution in [0.2, 0.25) is 0 Å². The van der Waals surface area contributed by atoms with Crippen molar-refractivity contribution in [1.29, 1.82) is 0 Å². The molecule has 3 N–H and O–H groups in total. The van der Waals surface area contributed by atoms with Crippen LogP contribution in [0.1, 0.15) is 24.0 Å². The normalized spacial score (nSPS) is 16.0. The predicted octanol–water partition coefficient (Wildman–Crippen LogP) is 3.16. The lowest BCUT2D eigenvalue weighted by Gasteiger charge is -2.32. The van der Waals surface area contributed by atoms with Gasteiger partial charge in [0.25, 0.3) is 0 Å². The first-order chi connectivity index (χ1) is 13.7. The topological polar surface area (TPSA) is 64.7 Å². The molecule has 1 aliphatic rings. The maximum atomic E-state index is 5.18. The van der Waals surface area contributed by atoms with Gasteiger partial charge in [-0.25, -0.2) is 0 Å². The second-order valence-electron chi connectivity index (χ2n) is 7.72. The average molecular weight is 513 g/mol. The Balaban J connectivity index is 0.00000300. The molecule has 1 saturated heterocycles. The van der Waals surface area contributed by atoms with E-state index < -0.39 is 0 Å². The summed E-state index contributed by atoms with van der Waals surface area (Å²) in [5, 5.41) is 8.33. The minimum Gasteiger partial charge on any atom is -0.383 e. The first kappa shape index (κ1) is 24.0. The third kappa shape index (κ3) is 6.86. The number of rotatable bonds is 8. The van der Waals surface area contributed by atoms with Crippen LogP contribution >= 0.6 is 24.0 Å². The zero-order valence-corrected chi connectivity index (χ0v) is 20.3. The lowest BCUT2D eigenvalue weighted by atomic mass is 9.97. The fourth-order valence-electron chi connectivity index (χ4n) is 4.06. The predicted molar refractivity (Wildman–Crippen MR) is 133 cm³/mol. The van der Waals surface area contributed by atoms with Crippen molar-refractivity contribution in [3.8, 4) is 0 Å². The Morgan fingerprint density at radius 2 is 2.07 bits per heavy atom. The number of piperidine rings is 1. The van der Waals surface area contributed by atoms with E-state index in [1.807, 2.05) is 7.05 Å². The molecule has 0 saturated carbocycles. The van der Waals surface area contributed by atoms with E-state index in [4.69, 9.17) is 4.74 Å². The van der Waals surface area contributed by atoms with Gasteiger partial charge in [0.1, 0.15) is 0 Å². The van der Waals surface area contributed by atoms with Crippen molar-refractivity contribution >= 4 is 40.8 Å². The highest BCUT2D eigenvalue weighted by molar-refractivity contribution is 14.0. The van der Waals surface area contributed by atoms with Gasteiger partial charge < -0.3 is 25.3 Å². The summed E-state index contributed by atoms with van der Waals surface area (Å²) in [6, 6.07) is 6.42. The molecule has 0 radical (unpaired) electrons. The van der Waals surface area contributed by atoms with Gasteiger partial charge in [-0.2, -0.15) is 0 Å². The number of benzene rings is 1. The number of aryl methyl sites for hydroxylation is 1. The Labute approximate surface area is 191 Å². The number of guanidine groups is 1. The molecule has 0 spiro atoms. The zero-order chi connectivity index (χ0) is 19.8. The Kier molecular flexibility index (Phi) is 10.2. The molecular weight excluding hydrogens is 477 g/mol. The molecule has 162 valence electrons. The van der Waals surface area contributed by atoms with Crippen molar-refractivity contribution < 1.29 is 4.74 Å². The van der Waals surface area contributed by atoms with Crippen LogP contribution in [0.25, 0.3) is 10.9 Å². The summed E-state index contributed by atoms with van der Waals surface area (Å²) < 4.78 is 5.18. The fourth-order valence-corrected chi connectivity index (χ4v) is 4.06. The summed E-state index contributed by atoms with van der Waals surface area (Å²) in [6.07, 6.45) is 5.58. The van der Waals surface area contributed by atoms with Crippen molar-refractivity contribution in [3.05, 3.63) is 35.5 Å². The van der Waals surface area contributed by atoms with Gasteiger partial charge in [0.05, 0.1) is 6.61 Å². The number of halogens is 1. The van der Waals surface area contributed by atoms with Crippen LogP contribution < -0.4 is 10.6 Å². The maximum Gasteiger partial charge on any atom is 0.190 e. The van der Waals surface area contributed by atoms with Gasteiger partial charge in [-0.3, -0.25) is 4.99 Å². The van der Waals surface area contributed by atoms with E-state index >= 15 is 0 Å². The Morgan fingerprint density at radius 1 is 1.28 bits per heavy atom. The van der Waals surface area contributed by atoms with Crippen molar-refractivity contribution in [2.75, 3.05) is 53.5 Å². The standard InChI is InChI=1S/C22H35N5O.HI/c1-17-5-4-6-20-21(17)19(16-25-20)7-10-24-22(23-2)26-15-18-8-11-27(12-9-18)13-14-28-3;/h4-6,16,18,25H,7-15H2,1-3H3,(H2,23,24,26);1H. The van der Waals surface area contributed by atoms with E-state index in [0.717, 1.165) is 38.6 Å². The minimum atomic E-state index is 0. The molecule has 3 rings (SSSR count).